The lowest BCUT2D eigenvalue weighted by molar-refractivity contribution is -0.132. The third-order valence-electron chi connectivity index (χ3n) is 2.86. The van der Waals surface area contributed by atoms with Gasteiger partial charge in [-0.3, -0.25) is 14.6 Å². The Morgan fingerprint density at radius 1 is 1.21 bits per heavy atom. The predicted molar refractivity (Wildman–Crippen MR) is 72.3 cm³/mol. The number of nitrogens with zero attached hydrogens (tertiary/aromatic N) is 1. The standard InChI is InChI=1S/C15H16N2O2/c1-19-17-15(18)14(12-7-3-2-4-8-12)11-13-9-5-6-10-16-13/h2-10,14H,11H2,1H3,(H,17,18). The summed E-state index contributed by atoms with van der Waals surface area (Å²) in [6.45, 7) is 0. The molecule has 4 heteroatoms. The molecule has 0 saturated carbocycles. The summed E-state index contributed by atoms with van der Waals surface area (Å²) in [5.41, 5.74) is 4.22. The third kappa shape index (κ3) is 3.63. The topological polar surface area (TPSA) is 51.2 Å². The molecule has 4 nitrogen and oxygen atoms in total. The molecule has 1 heterocycles. The first-order valence-corrected chi connectivity index (χ1v) is 6.09. The van der Waals surface area contributed by atoms with Gasteiger partial charge in [-0.15, -0.1) is 0 Å². The monoisotopic (exact) mass is 256 g/mol. The second-order valence-corrected chi connectivity index (χ2v) is 4.16. The van der Waals surface area contributed by atoms with Crippen LogP contribution in [0.4, 0.5) is 0 Å². The lowest BCUT2D eigenvalue weighted by Gasteiger charge is -2.15. The van der Waals surface area contributed by atoms with Crippen LogP contribution in [0.5, 0.6) is 0 Å². The highest BCUT2D eigenvalue weighted by atomic mass is 16.6. The number of benzene rings is 1. The highest BCUT2D eigenvalue weighted by Crippen LogP contribution is 2.20. The zero-order valence-electron chi connectivity index (χ0n) is 10.7. The van der Waals surface area contributed by atoms with Gasteiger partial charge in [-0.2, -0.15) is 0 Å². The van der Waals surface area contributed by atoms with Gasteiger partial charge in [0, 0.05) is 18.3 Å². The van der Waals surface area contributed by atoms with Crippen molar-refractivity contribution in [2.75, 3.05) is 7.11 Å². The Morgan fingerprint density at radius 3 is 2.58 bits per heavy atom. The van der Waals surface area contributed by atoms with E-state index in [4.69, 9.17) is 4.84 Å². The van der Waals surface area contributed by atoms with Crippen molar-refractivity contribution in [2.24, 2.45) is 0 Å². The van der Waals surface area contributed by atoms with Crippen LogP contribution in [0, 0.1) is 0 Å². The van der Waals surface area contributed by atoms with E-state index in [0.29, 0.717) is 6.42 Å². The Bertz CT molecular complexity index is 514. The summed E-state index contributed by atoms with van der Waals surface area (Å²) in [5, 5.41) is 0. The molecule has 0 radical (unpaired) electrons. The normalized spacial score (nSPS) is 11.8. The first-order valence-electron chi connectivity index (χ1n) is 6.09. The number of aromatic nitrogens is 1. The highest BCUT2D eigenvalue weighted by molar-refractivity contribution is 5.83. The third-order valence-corrected chi connectivity index (χ3v) is 2.86. The van der Waals surface area contributed by atoms with Crippen molar-refractivity contribution in [1.82, 2.24) is 10.5 Å². The summed E-state index contributed by atoms with van der Waals surface area (Å²) >= 11 is 0. The number of hydrogen-bond acceptors (Lipinski definition) is 3. The van der Waals surface area contributed by atoms with Crippen molar-refractivity contribution >= 4 is 5.91 Å². The van der Waals surface area contributed by atoms with Crippen molar-refractivity contribution in [3.8, 4) is 0 Å². The number of rotatable bonds is 5. The van der Waals surface area contributed by atoms with Crippen LogP contribution in [0.3, 0.4) is 0 Å². The fraction of sp³-hybridized carbons (Fsp3) is 0.200. The zero-order valence-corrected chi connectivity index (χ0v) is 10.7. The fourth-order valence-electron chi connectivity index (χ4n) is 1.95. The van der Waals surface area contributed by atoms with E-state index in [1.54, 1.807) is 6.20 Å². The second kappa shape index (κ2) is 6.66. The van der Waals surface area contributed by atoms with Crippen molar-refractivity contribution < 1.29 is 9.63 Å². The molecule has 2 aromatic rings. The predicted octanol–water partition coefficient (Wildman–Crippen LogP) is 2.09. The molecule has 1 N–H and O–H groups in total. The molecule has 1 unspecified atom stereocenters. The van der Waals surface area contributed by atoms with Gasteiger partial charge in [-0.25, -0.2) is 5.48 Å². The van der Waals surface area contributed by atoms with Crippen LogP contribution < -0.4 is 5.48 Å². The van der Waals surface area contributed by atoms with Gasteiger partial charge in [0.1, 0.15) is 0 Å². The number of hydrogen-bond donors (Lipinski definition) is 1. The van der Waals surface area contributed by atoms with E-state index < -0.39 is 0 Å². The number of carbonyl (C=O) groups excluding carboxylic acids is 1. The molecule has 0 aliphatic heterocycles. The maximum absolute atomic E-state index is 12.1. The Kier molecular flexibility index (Phi) is 4.64. The number of hydroxylamine groups is 1. The number of nitrogens with one attached hydrogen (secondary N) is 1. The van der Waals surface area contributed by atoms with E-state index in [1.807, 2.05) is 48.5 Å². The molecule has 98 valence electrons. The smallest absolute Gasteiger partial charge is 0.251 e. The first-order chi connectivity index (χ1) is 9.31. The van der Waals surface area contributed by atoms with Crippen LogP contribution in [0.1, 0.15) is 17.2 Å². The average molecular weight is 256 g/mol. The summed E-state index contributed by atoms with van der Waals surface area (Å²) in [6.07, 6.45) is 2.27. The Hall–Kier alpha value is -2.20. The molecule has 19 heavy (non-hydrogen) atoms. The van der Waals surface area contributed by atoms with Gasteiger partial charge in [-0.05, 0) is 17.7 Å². The summed E-state index contributed by atoms with van der Waals surface area (Å²) in [5.74, 6) is -0.476. The quantitative estimate of drug-likeness (QED) is 0.833. The van der Waals surface area contributed by atoms with Gasteiger partial charge in [0.05, 0.1) is 13.0 Å². The summed E-state index contributed by atoms with van der Waals surface area (Å²) in [4.78, 5) is 21.1. The van der Waals surface area contributed by atoms with Gasteiger partial charge in [0.15, 0.2) is 0 Å². The van der Waals surface area contributed by atoms with Crippen LogP contribution in [0.25, 0.3) is 0 Å². The van der Waals surface area contributed by atoms with Gasteiger partial charge >= 0.3 is 0 Å². The van der Waals surface area contributed by atoms with Crippen LogP contribution in [0.15, 0.2) is 54.7 Å². The molecular formula is C15H16N2O2. The van der Waals surface area contributed by atoms with Crippen molar-refractivity contribution in [3.63, 3.8) is 0 Å². The minimum absolute atomic E-state index is 0.167. The molecule has 1 amide bonds. The summed E-state index contributed by atoms with van der Waals surface area (Å²) in [6, 6.07) is 15.3. The fourth-order valence-corrected chi connectivity index (χ4v) is 1.95. The highest BCUT2D eigenvalue weighted by Gasteiger charge is 2.21. The van der Waals surface area contributed by atoms with Crippen LogP contribution in [-0.4, -0.2) is 18.0 Å². The lowest BCUT2D eigenvalue weighted by atomic mass is 9.93. The number of carbonyl (C=O) groups is 1. The zero-order chi connectivity index (χ0) is 13.5. The average Bonchev–Trinajstić information content (AvgIpc) is 2.47. The molecule has 1 aromatic carbocycles. The Morgan fingerprint density at radius 2 is 1.95 bits per heavy atom. The second-order valence-electron chi connectivity index (χ2n) is 4.16. The minimum atomic E-state index is -0.309. The van der Waals surface area contributed by atoms with E-state index in [0.717, 1.165) is 11.3 Å². The Labute approximate surface area is 112 Å². The van der Waals surface area contributed by atoms with E-state index >= 15 is 0 Å². The largest absolute Gasteiger partial charge is 0.277 e. The minimum Gasteiger partial charge on any atom is -0.277 e. The van der Waals surface area contributed by atoms with E-state index in [2.05, 4.69) is 10.5 Å². The van der Waals surface area contributed by atoms with Crippen LogP contribution >= 0.6 is 0 Å². The maximum atomic E-state index is 12.1. The number of amides is 1. The molecule has 0 aliphatic rings. The van der Waals surface area contributed by atoms with Crippen LogP contribution in [0.2, 0.25) is 0 Å². The van der Waals surface area contributed by atoms with Gasteiger partial charge in [0.25, 0.3) is 5.91 Å². The molecule has 1 atom stereocenters. The van der Waals surface area contributed by atoms with Crippen molar-refractivity contribution in [1.29, 1.82) is 0 Å². The maximum Gasteiger partial charge on any atom is 0.251 e. The molecule has 0 spiro atoms. The van der Waals surface area contributed by atoms with Crippen molar-refractivity contribution in [3.05, 3.63) is 66.0 Å². The molecule has 1 aromatic heterocycles. The lowest BCUT2D eigenvalue weighted by Crippen LogP contribution is -2.29. The first kappa shape index (κ1) is 13.2. The van der Waals surface area contributed by atoms with Crippen LogP contribution in [-0.2, 0) is 16.1 Å². The molecule has 0 saturated heterocycles. The molecule has 2 rings (SSSR count). The van der Waals surface area contributed by atoms with Gasteiger partial charge in [-0.1, -0.05) is 36.4 Å². The molecule has 0 bridgehead atoms. The molecule has 0 fully saturated rings. The Balaban J connectivity index is 2.22. The van der Waals surface area contributed by atoms with E-state index in [1.165, 1.54) is 7.11 Å². The summed E-state index contributed by atoms with van der Waals surface area (Å²) in [7, 11) is 1.43. The molecular weight excluding hydrogens is 240 g/mol. The van der Waals surface area contributed by atoms with E-state index in [9.17, 15) is 4.79 Å². The van der Waals surface area contributed by atoms with E-state index in [-0.39, 0.29) is 11.8 Å². The SMILES string of the molecule is CONC(=O)C(Cc1ccccn1)c1ccccc1. The number of pyridine rings is 1. The summed E-state index contributed by atoms with van der Waals surface area (Å²) < 4.78 is 0. The molecule has 0 aliphatic carbocycles. The van der Waals surface area contributed by atoms with Gasteiger partial charge in [0.2, 0.25) is 0 Å². The van der Waals surface area contributed by atoms with Gasteiger partial charge < -0.3 is 0 Å². The van der Waals surface area contributed by atoms with Crippen molar-refractivity contribution in [2.45, 2.75) is 12.3 Å².